The molecule has 4 heterocycles. The molecule has 3 aromatic rings. The van der Waals surface area contributed by atoms with Gasteiger partial charge >= 0.3 is 0 Å². The van der Waals surface area contributed by atoms with Gasteiger partial charge in [0.15, 0.2) is 0 Å². The molecule has 1 atom stereocenters. The van der Waals surface area contributed by atoms with Crippen molar-refractivity contribution >= 4 is 38.6 Å². The highest BCUT2D eigenvalue weighted by Gasteiger charge is 2.20. The van der Waals surface area contributed by atoms with Crippen LogP contribution in [0.1, 0.15) is 25.5 Å². The molecule has 0 aromatic carbocycles. The van der Waals surface area contributed by atoms with E-state index in [1.807, 2.05) is 23.1 Å². The smallest absolute Gasteiger partial charge is 0.233 e. The summed E-state index contributed by atoms with van der Waals surface area (Å²) in [6.45, 7) is 0.786. The summed E-state index contributed by atoms with van der Waals surface area (Å²) in [5, 5.41) is 4.94. The second kappa shape index (κ2) is 6.38. The van der Waals surface area contributed by atoms with Gasteiger partial charge in [-0.25, -0.2) is 9.67 Å². The molecule has 1 N–H and O–H groups in total. The number of hydrogen-bond acceptors (Lipinski definition) is 4. The van der Waals surface area contributed by atoms with Gasteiger partial charge in [-0.15, -0.1) is 0 Å². The summed E-state index contributed by atoms with van der Waals surface area (Å²) >= 11 is 9.74. The Labute approximate surface area is 152 Å². The standard InChI is InChI=1S/C16H16BrClN4O2/c1-23-16-10(18)6-11-14(21-16)13(15(17)20-11)9-7-19-22(8-9)12-4-2-3-5-24-12/h6-8,12,20H,2-5H2,1H3. The molecule has 126 valence electrons. The number of nitrogens with zero attached hydrogens (tertiary/aromatic N) is 3. The molecular weight excluding hydrogens is 396 g/mol. The molecule has 6 nitrogen and oxygen atoms in total. The molecule has 0 radical (unpaired) electrons. The number of rotatable bonds is 3. The molecule has 1 fully saturated rings. The van der Waals surface area contributed by atoms with E-state index in [1.165, 1.54) is 0 Å². The van der Waals surface area contributed by atoms with Crippen LogP contribution in [0.2, 0.25) is 5.02 Å². The Bertz CT molecular complexity index is 886. The van der Waals surface area contributed by atoms with E-state index >= 15 is 0 Å². The predicted molar refractivity (Wildman–Crippen MR) is 95.4 cm³/mol. The second-order valence-corrected chi connectivity index (χ2v) is 6.92. The van der Waals surface area contributed by atoms with Gasteiger partial charge in [0.2, 0.25) is 5.88 Å². The van der Waals surface area contributed by atoms with E-state index < -0.39 is 0 Å². The molecule has 0 bridgehead atoms. The summed E-state index contributed by atoms with van der Waals surface area (Å²) in [4.78, 5) is 7.78. The van der Waals surface area contributed by atoms with Crippen LogP contribution in [0, 0.1) is 0 Å². The Morgan fingerprint density at radius 3 is 3.08 bits per heavy atom. The minimum Gasteiger partial charge on any atom is -0.480 e. The Hall–Kier alpha value is -1.57. The number of halogens is 2. The van der Waals surface area contributed by atoms with Crippen LogP contribution in [-0.4, -0.2) is 33.5 Å². The fourth-order valence-corrected chi connectivity index (χ4v) is 3.86. The first kappa shape index (κ1) is 15.9. The highest BCUT2D eigenvalue weighted by atomic mass is 79.9. The number of pyridine rings is 1. The Kier molecular flexibility index (Phi) is 4.24. The van der Waals surface area contributed by atoms with Crippen molar-refractivity contribution in [3.8, 4) is 17.0 Å². The van der Waals surface area contributed by atoms with Crippen LogP contribution in [0.4, 0.5) is 0 Å². The Morgan fingerprint density at radius 2 is 2.33 bits per heavy atom. The molecule has 8 heteroatoms. The van der Waals surface area contributed by atoms with E-state index in [9.17, 15) is 0 Å². The van der Waals surface area contributed by atoms with Crippen LogP contribution in [-0.2, 0) is 4.74 Å². The predicted octanol–water partition coefficient (Wildman–Crippen LogP) is 4.55. The van der Waals surface area contributed by atoms with Gasteiger partial charge in [0.05, 0.1) is 23.4 Å². The molecule has 1 saturated heterocycles. The monoisotopic (exact) mass is 410 g/mol. The summed E-state index contributed by atoms with van der Waals surface area (Å²) in [5.41, 5.74) is 3.51. The van der Waals surface area contributed by atoms with Crippen LogP contribution >= 0.6 is 27.5 Å². The molecule has 0 spiro atoms. The third-order valence-corrected chi connectivity index (χ3v) is 5.04. The summed E-state index contributed by atoms with van der Waals surface area (Å²) in [6.07, 6.45) is 7.09. The normalized spacial score (nSPS) is 18.2. The summed E-state index contributed by atoms with van der Waals surface area (Å²) in [6, 6.07) is 1.81. The van der Waals surface area contributed by atoms with Gasteiger partial charge in [0.25, 0.3) is 0 Å². The average molecular weight is 412 g/mol. The number of fused-ring (bicyclic) bond motifs is 1. The first-order chi connectivity index (χ1) is 11.7. The van der Waals surface area contributed by atoms with Crippen LogP contribution in [0.5, 0.6) is 5.88 Å². The van der Waals surface area contributed by atoms with Crippen LogP contribution in [0.25, 0.3) is 22.2 Å². The van der Waals surface area contributed by atoms with Gasteiger partial charge < -0.3 is 14.5 Å². The lowest BCUT2D eigenvalue weighted by molar-refractivity contribution is -0.0394. The zero-order valence-electron chi connectivity index (χ0n) is 13.1. The molecule has 0 aliphatic carbocycles. The van der Waals surface area contributed by atoms with Gasteiger partial charge in [0, 0.05) is 23.9 Å². The van der Waals surface area contributed by atoms with Crippen molar-refractivity contribution in [1.82, 2.24) is 19.7 Å². The minimum atomic E-state index is 0.00780. The number of aromatic amines is 1. The van der Waals surface area contributed by atoms with Gasteiger partial charge in [-0.05, 0) is 41.3 Å². The largest absolute Gasteiger partial charge is 0.480 e. The van der Waals surface area contributed by atoms with Crippen LogP contribution in [0.15, 0.2) is 23.1 Å². The zero-order chi connectivity index (χ0) is 16.7. The van der Waals surface area contributed by atoms with E-state index in [-0.39, 0.29) is 6.23 Å². The lowest BCUT2D eigenvalue weighted by Crippen LogP contribution is -2.18. The summed E-state index contributed by atoms with van der Waals surface area (Å²) in [5.74, 6) is 0.403. The number of H-pyrrole nitrogens is 1. The number of methoxy groups -OCH3 is 1. The fraction of sp³-hybridized carbons (Fsp3) is 0.375. The maximum Gasteiger partial charge on any atom is 0.233 e. The molecule has 24 heavy (non-hydrogen) atoms. The van der Waals surface area contributed by atoms with E-state index in [2.05, 4.69) is 31.0 Å². The first-order valence-corrected chi connectivity index (χ1v) is 8.92. The minimum absolute atomic E-state index is 0.00780. The van der Waals surface area contributed by atoms with Crippen molar-refractivity contribution in [1.29, 1.82) is 0 Å². The molecule has 4 rings (SSSR count). The molecule has 1 aliphatic rings. The van der Waals surface area contributed by atoms with Gasteiger partial charge in [-0.1, -0.05) is 11.6 Å². The van der Waals surface area contributed by atoms with Crippen LogP contribution in [0.3, 0.4) is 0 Å². The Morgan fingerprint density at radius 1 is 1.46 bits per heavy atom. The highest BCUT2D eigenvalue weighted by Crippen LogP contribution is 2.38. The van der Waals surface area contributed by atoms with Gasteiger partial charge in [-0.2, -0.15) is 5.10 Å². The SMILES string of the molecule is COc1nc2c(-c3cnn(C4CCCCO4)c3)c(Br)[nH]c2cc1Cl. The maximum atomic E-state index is 6.16. The molecule has 3 aromatic heterocycles. The summed E-state index contributed by atoms with van der Waals surface area (Å²) < 4.78 is 13.7. The third-order valence-electron chi connectivity index (χ3n) is 4.18. The van der Waals surface area contributed by atoms with Crippen molar-refractivity contribution in [3.63, 3.8) is 0 Å². The molecule has 1 unspecified atom stereocenters. The van der Waals surface area contributed by atoms with Crippen molar-refractivity contribution in [2.24, 2.45) is 0 Å². The summed E-state index contributed by atoms with van der Waals surface area (Å²) in [7, 11) is 1.56. The number of ether oxygens (including phenoxy) is 2. The first-order valence-electron chi connectivity index (χ1n) is 7.75. The lowest BCUT2D eigenvalue weighted by Gasteiger charge is -2.22. The Balaban J connectivity index is 1.78. The van der Waals surface area contributed by atoms with Gasteiger partial charge in [0.1, 0.15) is 16.8 Å². The van der Waals surface area contributed by atoms with E-state index in [1.54, 1.807) is 7.11 Å². The molecule has 0 amide bonds. The van der Waals surface area contributed by atoms with Crippen LogP contribution < -0.4 is 4.74 Å². The average Bonchev–Trinajstić information content (AvgIpc) is 3.18. The van der Waals surface area contributed by atoms with E-state index in [0.717, 1.165) is 52.6 Å². The van der Waals surface area contributed by atoms with E-state index in [0.29, 0.717) is 10.9 Å². The van der Waals surface area contributed by atoms with Gasteiger partial charge in [-0.3, -0.25) is 0 Å². The molecule has 1 aliphatic heterocycles. The van der Waals surface area contributed by atoms with Crippen molar-refractivity contribution in [2.45, 2.75) is 25.5 Å². The second-order valence-electron chi connectivity index (χ2n) is 5.72. The van der Waals surface area contributed by atoms with Crippen molar-refractivity contribution in [2.75, 3.05) is 13.7 Å². The number of aromatic nitrogens is 4. The zero-order valence-corrected chi connectivity index (χ0v) is 15.4. The number of hydrogen-bond donors (Lipinski definition) is 1. The topological polar surface area (TPSA) is 65.0 Å². The van der Waals surface area contributed by atoms with Crippen molar-refractivity contribution < 1.29 is 9.47 Å². The van der Waals surface area contributed by atoms with E-state index in [4.69, 9.17) is 21.1 Å². The lowest BCUT2D eigenvalue weighted by atomic mass is 10.1. The molecular formula is C16H16BrClN4O2. The highest BCUT2D eigenvalue weighted by molar-refractivity contribution is 9.10. The quantitative estimate of drug-likeness (QED) is 0.686. The third kappa shape index (κ3) is 2.70. The molecule has 0 saturated carbocycles. The van der Waals surface area contributed by atoms with Crippen molar-refractivity contribution in [3.05, 3.63) is 28.1 Å². The fourth-order valence-electron chi connectivity index (χ4n) is 3.01. The maximum absolute atomic E-state index is 6.16. The number of nitrogens with one attached hydrogen (secondary N) is 1.